The van der Waals surface area contributed by atoms with Gasteiger partial charge < -0.3 is 36.5 Å². The fourth-order valence-electron chi connectivity index (χ4n) is 2.96. The van der Waals surface area contributed by atoms with Crippen molar-refractivity contribution in [3.8, 4) is 0 Å². The summed E-state index contributed by atoms with van der Waals surface area (Å²) in [5.74, 6) is 1.24. The van der Waals surface area contributed by atoms with E-state index >= 15 is 0 Å². The van der Waals surface area contributed by atoms with Gasteiger partial charge in [0.1, 0.15) is 0 Å². The van der Waals surface area contributed by atoms with Crippen LogP contribution in [0.15, 0.2) is 24.3 Å². The summed E-state index contributed by atoms with van der Waals surface area (Å²) >= 11 is 0. The first kappa shape index (κ1) is 28.2. The summed E-state index contributed by atoms with van der Waals surface area (Å²) in [6.07, 6.45) is 4.21. The predicted octanol–water partition coefficient (Wildman–Crippen LogP) is 2.76. The third-order valence-electron chi connectivity index (χ3n) is 4.81. The fourth-order valence-corrected chi connectivity index (χ4v) is 2.96. The van der Waals surface area contributed by atoms with Gasteiger partial charge >= 0.3 is 0 Å². The maximum atomic E-state index is 12.5. The molecule has 1 aromatic carbocycles. The zero-order chi connectivity index (χ0) is 25.1. The highest BCUT2D eigenvalue weighted by atomic mass is 16.5. The molecule has 2 rings (SSSR count). The van der Waals surface area contributed by atoms with Gasteiger partial charge in [-0.15, -0.1) is 0 Å². The van der Waals surface area contributed by atoms with Crippen molar-refractivity contribution in [2.24, 2.45) is 5.73 Å². The molecule has 0 aliphatic carbocycles. The molecule has 2 aromatic rings. The Morgan fingerprint density at radius 2 is 1.49 bits per heavy atom. The summed E-state index contributed by atoms with van der Waals surface area (Å²) in [5.41, 5.74) is 6.59. The number of aromatic nitrogens is 3. The summed E-state index contributed by atoms with van der Waals surface area (Å²) in [6.45, 7) is 8.61. The van der Waals surface area contributed by atoms with Crippen molar-refractivity contribution in [3.05, 3.63) is 29.8 Å². The molecule has 11 nitrogen and oxygen atoms in total. The van der Waals surface area contributed by atoms with E-state index < -0.39 is 0 Å². The van der Waals surface area contributed by atoms with Gasteiger partial charge in [-0.2, -0.15) is 15.0 Å². The second-order valence-electron chi connectivity index (χ2n) is 7.84. The number of nitrogens with two attached hydrogens (primary N) is 1. The number of hydrogen-bond acceptors (Lipinski definition) is 10. The van der Waals surface area contributed by atoms with E-state index in [9.17, 15) is 4.79 Å². The van der Waals surface area contributed by atoms with Gasteiger partial charge in [0.2, 0.25) is 17.8 Å². The Hall–Kier alpha value is -3.02. The number of carbonyl (C=O) groups is 1. The van der Waals surface area contributed by atoms with Gasteiger partial charge in [0.05, 0.1) is 26.4 Å². The minimum absolute atomic E-state index is 0.184. The number of amides is 1. The summed E-state index contributed by atoms with van der Waals surface area (Å²) in [6, 6.07) is 7.18. The molecule has 6 N–H and O–H groups in total. The van der Waals surface area contributed by atoms with Crippen LogP contribution < -0.4 is 27.0 Å². The molecule has 0 saturated heterocycles. The molecule has 0 fully saturated rings. The highest BCUT2D eigenvalue weighted by molar-refractivity contribution is 5.95. The van der Waals surface area contributed by atoms with E-state index in [1.54, 1.807) is 12.1 Å². The van der Waals surface area contributed by atoms with E-state index in [0.29, 0.717) is 68.6 Å². The maximum Gasteiger partial charge on any atom is 0.251 e. The van der Waals surface area contributed by atoms with Crippen LogP contribution in [0.2, 0.25) is 0 Å². The SMILES string of the molecule is CCCCNc1nc(NCCCC)nc(Nc2cccc(C(=O)NCCOCCOCCN)c2)n1. The van der Waals surface area contributed by atoms with Crippen LogP contribution in [0.5, 0.6) is 0 Å². The first-order valence-electron chi connectivity index (χ1n) is 12.4. The van der Waals surface area contributed by atoms with Crippen LogP contribution in [0.1, 0.15) is 49.9 Å². The maximum absolute atomic E-state index is 12.5. The number of ether oxygens (including phenoxy) is 2. The lowest BCUT2D eigenvalue weighted by Gasteiger charge is -2.12. The molecule has 1 aromatic heterocycles. The Labute approximate surface area is 208 Å². The number of rotatable bonds is 19. The monoisotopic (exact) mass is 488 g/mol. The lowest BCUT2D eigenvalue weighted by Crippen LogP contribution is -2.27. The number of benzene rings is 1. The van der Waals surface area contributed by atoms with E-state index in [4.69, 9.17) is 15.2 Å². The molecule has 1 heterocycles. The second-order valence-corrected chi connectivity index (χ2v) is 7.84. The number of anilines is 4. The van der Waals surface area contributed by atoms with Crippen molar-refractivity contribution in [1.82, 2.24) is 20.3 Å². The van der Waals surface area contributed by atoms with Gasteiger partial charge in [-0.25, -0.2) is 0 Å². The summed E-state index contributed by atoms with van der Waals surface area (Å²) in [4.78, 5) is 26.0. The average molecular weight is 489 g/mol. The molecule has 0 saturated carbocycles. The zero-order valence-electron chi connectivity index (χ0n) is 20.9. The van der Waals surface area contributed by atoms with Crippen molar-refractivity contribution < 1.29 is 14.3 Å². The highest BCUT2D eigenvalue weighted by Crippen LogP contribution is 2.17. The molecule has 0 aliphatic heterocycles. The number of nitrogens with zero attached hydrogens (tertiary/aromatic N) is 3. The van der Waals surface area contributed by atoms with E-state index in [1.165, 1.54) is 0 Å². The average Bonchev–Trinajstić information content (AvgIpc) is 2.86. The van der Waals surface area contributed by atoms with Gasteiger partial charge in [0.15, 0.2) is 0 Å². The summed E-state index contributed by atoms with van der Waals surface area (Å²) in [7, 11) is 0. The second kappa shape index (κ2) is 17.4. The standard InChI is InChI=1S/C24H40N8O3/c1-3-5-11-27-22-30-23(28-12-6-4-2)32-24(31-22)29-20-9-7-8-19(18-20)21(33)26-13-15-35-17-16-34-14-10-25/h7-9,18H,3-6,10-17,25H2,1-2H3,(H,26,33)(H3,27,28,29,30,31,32). The van der Waals surface area contributed by atoms with Crippen molar-refractivity contribution in [1.29, 1.82) is 0 Å². The minimum Gasteiger partial charge on any atom is -0.378 e. The molecule has 0 atom stereocenters. The van der Waals surface area contributed by atoms with Gasteiger partial charge in [0.25, 0.3) is 5.91 Å². The molecule has 194 valence electrons. The smallest absolute Gasteiger partial charge is 0.251 e. The third kappa shape index (κ3) is 11.8. The Morgan fingerprint density at radius 1 is 0.857 bits per heavy atom. The number of carbonyl (C=O) groups excluding carboxylic acids is 1. The number of nitrogens with one attached hydrogen (secondary N) is 4. The van der Waals surface area contributed by atoms with E-state index in [2.05, 4.69) is 50.1 Å². The molecule has 11 heteroatoms. The molecule has 0 bridgehead atoms. The van der Waals surface area contributed by atoms with Gasteiger partial charge in [0, 0.05) is 37.4 Å². The van der Waals surface area contributed by atoms with E-state index in [1.807, 2.05) is 12.1 Å². The lowest BCUT2D eigenvalue weighted by atomic mass is 10.2. The van der Waals surface area contributed by atoms with Crippen LogP contribution in [0, 0.1) is 0 Å². The topological polar surface area (TPSA) is 148 Å². The number of unbranched alkanes of at least 4 members (excludes halogenated alkanes) is 2. The normalized spacial score (nSPS) is 10.7. The molecular weight excluding hydrogens is 448 g/mol. The molecular formula is C24H40N8O3. The Balaban J connectivity index is 1.93. The summed E-state index contributed by atoms with van der Waals surface area (Å²) in [5, 5.41) is 12.5. The molecule has 0 aliphatic rings. The Kier molecular flexibility index (Phi) is 14.0. The molecule has 0 radical (unpaired) electrons. The Morgan fingerprint density at radius 3 is 2.11 bits per heavy atom. The highest BCUT2D eigenvalue weighted by Gasteiger charge is 2.09. The van der Waals surface area contributed by atoms with Crippen LogP contribution in [-0.2, 0) is 9.47 Å². The van der Waals surface area contributed by atoms with Gasteiger partial charge in [-0.3, -0.25) is 4.79 Å². The van der Waals surface area contributed by atoms with Crippen LogP contribution in [-0.4, -0.2) is 73.5 Å². The first-order chi connectivity index (χ1) is 17.2. The van der Waals surface area contributed by atoms with Crippen LogP contribution in [0.4, 0.5) is 23.5 Å². The minimum atomic E-state index is -0.184. The van der Waals surface area contributed by atoms with Crippen LogP contribution in [0.25, 0.3) is 0 Å². The largest absolute Gasteiger partial charge is 0.378 e. The van der Waals surface area contributed by atoms with Crippen LogP contribution >= 0.6 is 0 Å². The van der Waals surface area contributed by atoms with E-state index in [0.717, 1.165) is 38.8 Å². The van der Waals surface area contributed by atoms with Crippen molar-refractivity contribution in [3.63, 3.8) is 0 Å². The van der Waals surface area contributed by atoms with Crippen molar-refractivity contribution in [2.45, 2.75) is 39.5 Å². The fraction of sp³-hybridized carbons (Fsp3) is 0.583. The van der Waals surface area contributed by atoms with E-state index in [-0.39, 0.29) is 5.91 Å². The number of hydrogen-bond donors (Lipinski definition) is 5. The lowest BCUT2D eigenvalue weighted by molar-refractivity contribution is 0.0511. The quantitative estimate of drug-likeness (QED) is 0.187. The molecule has 35 heavy (non-hydrogen) atoms. The molecule has 1 amide bonds. The van der Waals surface area contributed by atoms with Gasteiger partial charge in [-0.1, -0.05) is 32.8 Å². The molecule has 0 unspecified atom stereocenters. The third-order valence-corrected chi connectivity index (χ3v) is 4.81. The van der Waals surface area contributed by atoms with Gasteiger partial charge in [-0.05, 0) is 31.0 Å². The Bertz CT molecular complexity index is 840. The molecule has 0 spiro atoms. The predicted molar refractivity (Wildman–Crippen MR) is 139 cm³/mol. The van der Waals surface area contributed by atoms with Crippen LogP contribution in [0.3, 0.4) is 0 Å². The first-order valence-corrected chi connectivity index (χ1v) is 12.4. The van der Waals surface area contributed by atoms with Crippen molar-refractivity contribution in [2.75, 3.05) is 68.6 Å². The van der Waals surface area contributed by atoms with Crippen molar-refractivity contribution >= 4 is 29.4 Å². The zero-order valence-corrected chi connectivity index (χ0v) is 20.9. The summed E-state index contributed by atoms with van der Waals surface area (Å²) < 4.78 is 10.7.